The number of aliphatic hydroxyl groups excluding tert-OH is 1. The van der Waals surface area contributed by atoms with Crippen LogP contribution in [0.3, 0.4) is 0 Å². The van der Waals surface area contributed by atoms with Crippen molar-refractivity contribution in [2.24, 2.45) is 0 Å². The van der Waals surface area contributed by atoms with E-state index in [9.17, 15) is 5.11 Å². The summed E-state index contributed by atoms with van der Waals surface area (Å²) < 4.78 is 0. The summed E-state index contributed by atoms with van der Waals surface area (Å²) in [7, 11) is 0. The Hall–Kier alpha value is -0.900. The molecule has 1 atom stereocenters. The number of hydrogen-bond donors (Lipinski definition) is 2. The van der Waals surface area contributed by atoms with E-state index in [-0.39, 0.29) is 12.1 Å². The Morgan fingerprint density at radius 2 is 1.95 bits per heavy atom. The van der Waals surface area contributed by atoms with Crippen molar-refractivity contribution in [2.75, 3.05) is 19.7 Å². The van der Waals surface area contributed by atoms with Crippen LogP contribution in [0.5, 0.6) is 0 Å². The second-order valence-electron chi connectivity index (χ2n) is 6.61. The third-order valence-corrected chi connectivity index (χ3v) is 4.21. The highest BCUT2D eigenvalue weighted by Crippen LogP contribution is 2.31. The van der Waals surface area contributed by atoms with Gasteiger partial charge in [0.05, 0.1) is 12.1 Å². The van der Waals surface area contributed by atoms with Crippen molar-refractivity contribution >= 4 is 0 Å². The zero-order chi connectivity index (χ0) is 15.3. The molecular weight excluding hydrogens is 260 g/mol. The molecule has 3 heteroatoms. The zero-order valence-corrected chi connectivity index (χ0v) is 13.7. The number of nitrogens with one attached hydrogen (secondary N) is 1. The van der Waals surface area contributed by atoms with E-state index >= 15 is 0 Å². The maximum absolute atomic E-state index is 10.2. The van der Waals surface area contributed by atoms with Crippen molar-refractivity contribution in [3.05, 3.63) is 35.9 Å². The first kappa shape index (κ1) is 16.5. The van der Waals surface area contributed by atoms with E-state index in [0.717, 1.165) is 19.5 Å². The Balaban J connectivity index is 2.25. The van der Waals surface area contributed by atoms with Crippen molar-refractivity contribution in [3.63, 3.8) is 0 Å². The van der Waals surface area contributed by atoms with Crippen molar-refractivity contribution < 1.29 is 5.11 Å². The van der Waals surface area contributed by atoms with Gasteiger partial charge in [-0.3, -0.25) is 4.90 Å². The van der Waals surface area contributed by atoms with Crippen LogP contribution in [-0.2, 0) is 5.54 Å². The first-order chi connectivity index (χ1) is 10.1. The average Bonchev–Trinajstić information content (AvgIpc) is 3.31. The van der Waals surface area contributed by atoms with Gasteiger partial charge in [0.15, 0.2) is 0 Å². The van der Waals surface area contributed by atoms with Crippen LogP contribution in [0.25, 0.3) is 0 Å². The normalized spacial score (nSPS) is 18.2. The molecule has 0 aromatic heterocycles. The van der Waals surface area contributed by atoms with Gasteiger partial charge in [0.25, 0.3) is 0 Å². The lowest BCUT2D eigenvalue weighted by molar-refractivity contribution is 0.0950. The fourth-order valence-electron chi connectivity index (χ4n) is 3.18. The van der Waals surface area contributed by atoms with E-state index in [2.05, 4.69) is 55.3 Å². The van der Waals surface area contributed by atoms with Gasteiger partial charge in [0.1, 0.15) is 0 Å². The van der Waals surface area contributed by atoms with Crippen molar-refractivity contribution in [1.29, 1.82) is 0 Å². The molecule has 3 nitrogen and oxygen atoms in total. The number of rotatable bonds is 9. The predicted octanol–water partition coefficient (Wildman–Crippen LogP) is 2.75. The van der Waals surface area contributed by atoms with Gasteiger partial charge in [0, 0.05) is 18.6 Å². The lowest BCUT2D eigenvalue weighted by Gasteiger charge is -2.40. The molecule has 0 bridgehead atoms. The van der Waals surface area contributed by atoms with E-state index in [4.69, 9.17) is 0 Å². The zero-order valence-electron chi connectivity index (χ0n) is 13.7. The molecule has 0 saturated heterocycles. The monoisotopic (exact) mass is 290 g/mol. The topological polar surface area (TPSA) is 35.5 Å². The third kappa shape index (κ3) is 4.29. The molecule has 1 unspecified atom stereocenters. The quantitative estimate of drug-likeness (QED) is 0.734. The van der Waals surface area contributed by atoms with E-state index in [0.29, 0.717) is 12.1 Å². The molecule has 1 aromatic carbocycles. The summed E-state index contributed by atoms with van der Waals surface area (Å²) in [6, 6.07) is 11.5. The van der Waals surface area contributed by atoms with E-state index in [1.807, 2.05) is 6.07 Å². The molecule has 0 radical (unpaired) electrons. The highest BCUT2D eigenvalue weighted by molar-refractivity contribution is 5.26. The van der Waals surface area contributed by atoms with Gasteiger partial charge >= 0.3 is 0 Å². The van der Waals surface area contributed by atoms with E-state index in [1.165, 1.54) is 18.4 Å². The fraction of sp³-hybridized carbons (Fsp3) is 0.667. The van der Waals surface area contributed by atoms with Crippen LogP contribution in [0, 0.1) is 0 Å². The van der Waals surface area contributed by atoms with Crippen LogP contribution in [0.15, 0.2) is 30.3 Å². The largest absolute Gasteiger partial charge is 0.394 e. The fourth-order valence-corrected chi connectivity index (χ4v) is 3.18. The summed E-state index contributed by atoms with van der Waals surface area (Å²) in [6.45, 7) is 8.64. The molecule has 21 heavy (non-hydrogen) atoms. The lowest BCUT2D eigenvalue weighted by atomic mass is 9.88. The summed E-state index contributed by atoms with van der Waals surface area (Å²) in [5.74, 6) is 0. The first-order valence-corrected chi connectivity index (χ1v) is 8.29. The highest BCUT2D eigenvalue weighted by atomic mass is 16.3. The van der Waals surface area contributed by atoms with E-state index in [1.54, 1.807) is 0 Å². The Morgan fingerprint density at radius 1 is 1.29 bits per heavy atom. The van der Waals surface area contributed by atoms with Crippen LogP contribution < -0.4 is 5.32 Å². The van der Waals surface area contributed by atoms with Gasteiger partial charge in [-0.25, -0.2) is 0 Å². The predicted molar refractivity (Wildman–Crippen MR) is 88.4 cm³/mol. The van der Waals surface area contributed by atoms with Crippen LogP contribution in [-0.4, -0.2) is 41.8 Å². The summed E-state index contributed by atoms with van der Waals surface area (Å²) in [6.07, 6.45) is 3.77. The standard InChI is InChI=1S/C18H30N2O/c1-4-12-20(17-10-11-17)13-18(14-21,19-15(2)3)16-8-6-5-7-9-16/h5-9,15,17,19,21H,4,10-14H2,1-3H3. The smallest absolute Gasteiger partial charge is 0.0799 e. The van der Waals surface area contributed by atoms with Crippen LogP contribution in [0.1, 0.15) is 45.6 Å². The minimum atomic E-state index is -0.368. The summed E-state index contributed by atoms with van der Waals surface area (Å²) in [4.78, 5) is 2.55. The Morgan fingerprint density at radius 3 is 2.43 bits per heavy atom. The second-order valence-corrected chi connectivity index (χ2v) is 6.61. The molecule has 0 spiro atoms. The molecule has 2 N–H and O–H groups in total. The summed E-state index contributed by atoms with van der Waals surface area (Å²) in [5, 5.41) is 13.8. The molecule has 0 heterocycles. The Labute approximate surface area is 129 Å². The maximum atomic E-state index is 10.2. The van der Waals surface area contributed by atoms with Gasteiger partial charge in [-0.2, -0.15) is 0 Å². The Bertz CT molecular complexity index is 416. The molecule has 1 fully saturated rings. The number of aliphatic hydroxyl groups is 1. The van der Waals surface area contributed by atoms with Gasteiger partial charge in [-0.1, -0.05) is 37.3 Å². The van der Waals surface area contributed by atoms with Crippen LogP contribution in [0.4, 0.5) is 0 Å². The Kier molecular flexibility index (Phi) is 5.80. The van der Waals surface area contributed by atoms with Gasteiger partial charge < -0.3 is 10.4 Å². The molecule has 1 saturated carbocycles. The molecule has 118 valence electrons. The van der Waals surface area contributed by atoms with Gasteiger partial charge in [-0.15, -0.1) is 0 Å². The van der Waals surface area contributed by atoms with Gasteiger partial charge in [0.2, 0.25) is 0 Å². The van der Waals surface area contributed by atoms with Gasteiger partial charge in [-0.05, 0) is 45.2 Å². The summed E-state index contributed by atoms with van der Waals surface area (Å²) >= 11 is 0. The first-order valence-electron chi connectivity index (χ1n) is 8.29. The molecule has 0 amide bonds. The van der Waals surface area contributed by atoms with E-state index < -0.39 is 0 Å². The number of benzene rings is 1. The SMILES string of the molecule is CCCN(CC(CO)(NC(C)C)c1ccccc1)C1CC1. The molecular formula is C18H30N2O. The minimum absolute atomic E-state index is 0.127. The number of nitrogens with zero attached hydrogens (tertiary/aromatic N) is 1. The highest BCUT2D eigenvalue weighted by Gasteiger charge is 2.38. The van der Waals surface area contributed by atoms with Crippen molar-refractivity contribution in [2.45, 2.75) is 57.7 Å². The molecule has 1 aliphatic carbocycles. The second kappa shape index (κ2) is 7.39. The summed E-state index contributed by atoms with van der Waals surface area (Å²) in [5.41, 5.74) is 0.815. The van der Waals surface area contributed by atoms with Crippen LogP contribution in [0.2, 0.25) is 0 Å². The van der Waals surface area contributed by atoms with Crippen LogP contribution >= 0.6 is 0 Å². The number of hydrogen-bond acceptors (Lipinski definition) is 3. The van der Waals surface area contributed by atoms with Crippen molar-refractivity contribution in [1.82, 2.24) is 10.2 Å². The average molecular weight is 290 g/mol. The minimum Gasteiger partial charge on any atom is -0.394 e. The molecule has 0 aliphatic heterocycles. The molecule has 2 rings (SSSR count). The van der Waals surface area contributed by atoms with Crippen molar-refractivity contribution in [3.8, 4) is 0 Å². The third-order valence-electron chi connectivity index (χ3n) is 4.21. The molecule has 1 aromatic rings. The lowest BCUT2D eigenvalue weighted by Crippen LogP contribution is -2.56. The molecule has 1 aliphatic rings. The maximum Gasteiger partial charge on any atom is 0.0799 e.